The molecule has 0 rings (SSSR count). The third-order valence-electron chi connectivity index (χ3n) is 0.416. The summed E-state index contributed by atoms with van der Waals surface area (Å²) >= 11 is 4.40. The predicted octanol–water partition coefficient (Wildman–Crippen LogP) is 3.11. The van der Waals surface area contributed by atoms with E-state index in [-0.39, 0.29) is 6.08 Å². The first-order chi connectivity index (χ1) is 4.04. The van der Waals surface area contributed by atoms with Crippen molar-refractivity contribution in [2.45, 2.75) is 0 Å². The SMILES string of the molecule is FC(F)=C(F)/C=C(/F)Cl. The molecule has 0 fully saturated rings. The van der Waals surface area contributed by atoms with Crippen LogP contribution in [-0.2, 0) is 0 Å². The van der Waals surface area contributed by atoms with Crippen molar-refractivity contribution in [2.75, 3.05) is 0 Å². The van der Waals surface area contributed by atoms with E-state index in [1.807, 2.05) is 0 Å². The van der Waals surface area contributed by atoms with Crippen LogP contribution in [0.15, 0.2) is 23.3 Å². The highest BCUT2D eigenvalue weighted by molar-refractivity contribution is 6.28. The van der Waals surface area contributed by atoms with Gasteiger partial charge in [0, 0.05) is 6.08 Å². The lowest BCUT2D eigenvalue weighted by Gasteiger charge is -1.81. The summed E-state index contributed by atoms with van der Waals surface area (Å²) < 4.78 is 44.9. The molecule has 0 radical (unpaired) electrons. The third-order valence-corrected chi connectivity index (χ3v) is 0.525. The van der Waals surface area contributed by atoms with Gasteiger partial charge in [-0.2, -0.15) is 13.2 Å². The van der Waals surface area contributed by atoms with Gasteiger partial charge in [-0.15, -0.1) is 0 Å². The molecule has 0 atom stereocenters. The molecule has 0 aromatic rings. The Bertz CT molecular complexity index is 152. The molecule has 5 heteroatoms. The Kier molecular flexibility index (Phi) is 3.30. The van der Waals surface area contributed by atoms with Crippen molar-refractivity contribution in [3.05, 3.63) is 23.3 Å². The molecule has 0 spiro atoms. The van der Waals surface area contributed by atoms with Gasteiger partial charge in [-0.25, -0.2) is 4.39 Å². The van der Waals surface area contributed by atoms with Gasteiger partial charge in [-0.3, -0.25) is 0 Å². The Labute approximate surface area is 53.4 Å². The summed E-state index contributed by atoms with van der Waals surface area (Å²) in [4.78, 5) is 0. The van der Waals surface area contributed by atoms with Crippen LogP contribution in [-0.4, -0.2) is 0 Å². The van der Waals surface area contributed by atoms with E-state index in [4.69, 9.17) is 0 Å². The minimum absolute atomic E-state index is 0.114. The average Bonchev–Trinajstić information content (AvgIpc) is 1.63. The maximum absolute atomic E-state index is 11.5. The number of hydrogen-bond donors (Lipinski definition) is 0. The Morgan fingerprint density at radius 3 is 1.67 bits per heavy atom. The molecule has 0 unspecified atom stereocenters. The van der Waals surface area contributed by atoms with Crippen LogP contribution < -0.4 is 0 Å². The van der Waals surface area contributed by atoms with Gasteiger partial charge in [0.2, 0.25) is 0 Å². The zero-order valence-electron chi connectivity index (χ0n) is 3.97. The van der Waals surface area contributed by atoms with E-state index in [1.54, 1.807) is 0 Å². The van der Waals surface area contributed by atoms with Crippen LogP contribution in [0.4, 0.5) is 17.6 Å². The van der Waals surface area contributed by atoms with Crippen LogP contribution in [0.25, 0.3) is 0 Å². The van der Waals surface area contributed by atoms with Gasteiger partial charge in [-0.05, 0) is 0 Å². The molecule has 0 bridgehead atoms. The molecule has 0 aliphatic rings. The van der Waals surface area contributed by atoms with E-state index in [0.29, 0.717) is 0 Å². The number of hydrogen-bond acceptors (Lipinski definition) is 0. The second-order valence-corrected chi connectivity index (χ2v) is 1.40. The van der Waals surface area contributed by atoms with Crippen molar-refractivity contribution in [3.63, 3.8) is 0 Å². The molecule has 0 saturated heterocycles. The fraction of sp³-hybridized carbons (Fsp3) is 0. The van der Waals surface area contributed by atoms with E-state index >= 15 is 0 Å². The minimum Gasteiger partial charge on any atom is -0.201 e. The lowest BCUT2D eigenvalue weighted by Crippen LogP contribution is -1.67. The van der Waals surface area contributed by atoms with Crippen molar-refractivity contribution in [1.82, 2.24) is 0 Å². The van der Waals surface area contributed by atoms with Gasteiger partial charge in [0.25, 0.3) is 0 Å². The molecule has 0 amide bonds. The van der Waals surface area contributed by atoms with Gasteiger partial charge >= 0.3 is 6.08 Å². The largest absolute Gasteiger partial charge is 0.305 e. The summed E-state index contributed by atoms with van der Waals surface area (Å²) in [5.41, 5.74) is 0. The van der Waals surface area contributed by atoms with Gasteiger partial charge in [-0.1, -0.05) is 11.6 Å². The Hall–Kier alpha value is -0.510. The predicted molar refractivity (Wildman–Crippen MR) is 25.4 cm³/mol. The number of rotatable bonds is 1. The smallest absolute Gasteiger partial charge is 0.201 e. The van der Waals surface area contributed by atoms with Crippen molar-refractivity contribution in [2.24, 2.45) is 0 Å². The lowest BCUT2D eigenvalue weighted by atomic mass is 10.6. The molecule has 0 aromatic heterocycles. The third kappa shape index (κ3) is 4.02. The molecule has 9 heavy (non-hydrogen) atoms. The van der Waals surface area contributed by atoms with Crippen LogP contribution >= 0.6 is 11.6 Å². The first-order valence-corrected chi connectivity index (χ1v) is 2.15. The molecule has 0 N–H and O–H groups in total. The van der Waals surface area contributed by atoms with E-state index in [0.717, 1.165) is 0 Å². The average molecular weight is 160 g/mol. The summed E-state index contributed by atoms with van der Waals surface area (Å²) in [7, 11) is 0. The zero-order chi connectivity index (χ0) is 7.44. The molecule has 0 aromatic carbocycles. The summed E-state index contributed by atoms with van der Waals surface area (Å²) in [5.74, 6) is -1.96. The van der Waals surface area contributed by atoms with Crippen molar-refractivity contribution in [1.29, 1.82) is 0 Å². The Morgan fingerprint density at radius 2 is 1.56 bits per heavy atom. The first-order valence-electron chi connectivity index (χ1n) is 1.77. The standard InChI is InChI=1S/C4HClF4/c5-3(7)1-2(6)4(8)9/h1H/b3-1+. The van der Waals surface area contributed by atoms with Crippen LogP contribution in [0.1, 0.15) is 0 Å². The topological polar surface area (TPSA) is 0 Å². The molecular formula is C4HClF4. The normalized spacial score (nSPS) is 11.4. The second kappa shape index (κ2) is 3.50. The quantitative estimate of drug-likeness (QED) is 0.408. The number of allylic oxidation sites excluding steroid dienone is 2. The Morgan fingerprint density at radius 1 is 1.11 bits per heavy atom. The zero-order valence-corrected chi connectivity index (χ0v) is 4.72. The molecule has 0 heterocycles. The highest BCUT2D eigenvalue weighted by Gasteiger charge is 2.01. The maximum atomic E-state index is 11.5. The fourth-order valence-corrected chi connectivity index (χ4v) is 0.246. The van der Waals surface area contributed by atoms with Gasteiger partial charge < -0.3 is 0 Å². The van der Waals surface area contributed by atoms with Crippen LogP contribution in [0.3, 0.4) is 0 Å². The van der Waals surface area contributed by atoms with E-state index in [1.165, 1.54) is 0 Å². The Balaban J connectivity index is 4.25. The van der Waals surface area contributed by atoms with Crippen molar-refractivity contribution < 1.29 is 17.6 Å². The summed E-state index contributed by atoms with van der Waals surface area (Å²) in [6.45, 7) is 0. The van der Waals surface area contributed by atoms with Crippen LogP contribution in [0, 0.1) is 0 Å². The van der Waals surface area contributed by atoms with Crippen LogP contribution in [0.2, 0.25) is 0 Å². The second-order valence-electron chi connectivity index (χ2n) is 1.04. The van der Waals surface area contributed by atoms with Crippen LogP contribution in [0.5, 0.6) is 0 Å². The first kappa shape index (κ1) is 8.49. The van der Waals surface area contributed by atoms with Gasteiger partial charge in [0.15, 0.2) is 11.1 Å². The van der Waals surface area contributed by atoms with Crippen molar-refractivity contribution in [3.8, 4) is 0 Å². The minimum atomic E-state index is -2.59. The van der Waals surface area contributed by atoms with E-state index in [2.05, 4.69) is 11.6 Å². The summed E-state index contributed by atoms with van der Waals surface area (Å²) in [6.07, 6.45) is -2.71. The molecule has 0 nitrogen and oxygen atoms in total. The highest BCUT2D eigenvalue weighted by Crippen LogP contribution is 2.14. The maximum Gasteiger partial charge on any atom is 0.305 e. The molecule has 0 saturated carbocycles. The highest BCUT2D eigenvalue weighted by atomic mass is 35.5. The molecule has 52 valence electrons. The molecule has 0 aliphatic heterocycles. The van der Waals surface area contributed by atoms with E-state index < -0.39 is 17.2 Å². The summed E-state index contributed by atoms with van der Waals surface area (Å²) in [5, 5.41) is -1.51. The van der Waals surface area contributed by atoms with Crippen molar-refractivity contribution >= 4 is 11.6 Å². The molecule has 0 aliphatic carbocycles. The monoisotopic (exact) mass is 160 g/mol. The number of halogens is 5. The van der Waals surface area contributed by atoms with Gasteiger partial charge in [0.05, 0.1) is 0 Å². The molecular weight excluding hydrogens is 159 g/mol. The van der Waals surface area contributed by atoms with Gasteiger partial charge in [0.1, 0.15) is 0 Å². The lowest BCUT2D eigenvalue weighted by molar-refractivity contribution is 0.386. The fourth-order valence-electron chi connectivity index (χ4n) is 0.150. The summed E-state index contributed by atoms with van der Waals surface area (Å²) in [6, 6.07) is 0. The van der Waals surface area contributed by atoms with E-state index in [9.17, 15) is 17.6 Å².